The van der Waals surface area contributed by atoms with Crippen molar-refractivity contribution in [2.75, 3.05) is 52.4 Å². The molecule has 0 spiro atoms. The molecule has 0 aliphatic carbocycles. The van der Waals surface area contributed by atoms with E-state index in [1.807, 2.05) is 6.92 Å². The molecule has 0 fully saturated rings. The molecule has 0 aromatic heterocycles. The molecule has 8 heteroatoms. The molecule has 0 saturated carbocycles. The third-order valence-electron chi connectivity index (χ3n) is 3.43. The van der Waals surface area contributed by atoms with Crippen LogP contribution in [0.25, 0.3) is 0 Å². The Labute approximate surface area is 179 Å². The van der Waals surface area contributed by atoms with Gasteiger partial charge < -0.3 is 24.8 Å². The largest absolute Gasteiger partial charge is 0.379 e. The minimum atomic E-state index is -0.0411. The maximum Gasteiger partial charge on any atom is 0.223 e. The molecule has 2 N–H and O–H groups in total. The highest BCUT2D eigenvalue weighted by molar-refractivity contribution is 8.76. The lowest BCUT2D eigenvalue weighted by molar-refractivity contribution is -0.122. The summed E-state index contributed by atoms with van der Waals surface area (Å²) in [5.41, 5.74) is 0.198. The molecular weight excluding hydrogens is 396 g/mol. The summed E-state index contributed by atoms with van der Waals surface area (Å²) in [7, 11) is 3.49. The summed E-state index contributed by atoms with van der Waals surface area (Å²) in [5.74, 6) is 5.74. The van der Waals surface area contributed by atoms with Gasteiger partial charge >= 0.3 is 0 Å². The van der Waals surface area contributed by atoms with E-state index in [4.69, 9.17) is 14.2 Å². The van der Waals surface area contributed by atoms with Crippen LogP contribution in [-0.2, 0) is 19.0 Å². The van der Waals surface area contributed by atoms with Crippen LogP contribution in [0.2, 0.25) is 0 Å². The summed E-state index contributed by atoms with van der Waals surface area (Å²) < 4.78 is 16.8. The zero-order valence-corrected chi connectivity index (χ0v) is 19.5. The summed E-state index contributed by atoms with van der Waals surface area (Å²) in [5, 5.41) is 6.16. The fraction of sp³-hybridized carbons (Fsp3) is 0.850. The highest BCUT2D eigenvalue weighted by Gasteiger charge is 2.09. The molecule has 0 aromatic rings. The van der Waals surface area contributed by atoms with Crippen LogP contribution in [0.15, 0.2) is 0 Å². The van der Waals surface area contributed by atoms with Crippen molar-refractivity contribution in [3.63, 3.8) is 0 Å². The van der Waals surface area contributed by atoms with Gasteiger partial charge in [0, 0.05) is 18.9 Å². The van der Waals surface area contributed by atoms with E-state index in [1.54, 1.807) is 21.6 Å². The van der Waals surface area contributed by atoms with Crippen LogP contribution in [0.3, 0.4) is 0 Å². The summed E-state index contributed by atoms with van der Waals surface area (Å²) >= 11 is 0. The molecule has 6 nitrogen and oxygen atoms in total. The van der Waals surface area contributed by atoms with Crippen molar-refractivity contribution in [1.82, 2.24) is 10.6 Å². The highest BCUT2D eigenvalue weighted by Crippen LogP contribution is 2.27. The van der Waals surface area contributed by atoms with Crippen molar-refractivity contribution in [3.05, 3.63) is 0 Å². The van der Waals surface area contributed by atoms with E-state index in [2.05, 4.69) is 42.6 Å². The van der Waals surface area contributed by atoms with E-state index in [0.29, 0.717) is 52.0 Å². The smallest absolute Gasteiger partial charge is 0.223 e. The van der Waals surface area contributed by atoms with Crippen molar-refractivity contribution in [2.45, 2.75) is 57.9 Å². The first-order valence-corrected chi connectivity index (χ1v) is 12.6. The average molecular weight is 435 g/mol. The molecule has 0 aliphatic rings. The molecule has 0 heterocycles. The molecule has 164 valence electrons. The fourth-order valence-corrected chi connectivity index (χ4v) is 3.80. The van der Waals surface area contributed by atoms with Crippen LogP contribution < -0.4 is 10.6 Å². The number of ether oxygens (including phenoxy) is 3. The van der Waals surface area contributed by atoms with Crippen molar-refractivity contribution in [2.24, 2.45) is 0 Å². The van der Waals surface area contributed by atoms with Crippen LogP contribution in [-0.4, -0.2) is 69.8 Å². The fourth-order valence-electron chi connectivity index (χ4n) is 2.07. The number of hydrogen-bond donors (Lipinski definition) is 2. The second kappa shape index (κ2) is 21.3. The summed E-state index contributed by atoms with van der Waals surface area (Å²) in [6, 6.07) is 0.526. The maximum atomic E-state index is 11.5. The van der Waals surface area contributed by atoms with Gasteiger partial charge in [0.05, 0.1) is 39.6 Å². The Hall–Kier alpha value is -0.430. The van der Waals surface area contributed by atoms with Gasteiger partial charge in [-0.2, -0.15) is 0 Å². The summed E-state index contributed by atoms with van der Waals surface area (Å²) in [6.07, 6.45) is 5.34. The normalized spacial score (nSPS) is 11.9. The van der Waals surface area contributed by atoms with E-state index < -0.39 is 0 Å². The Morgan fingerprint density at radius 3 is 2.46 bits per heavy atom. The number of nitrogens with one attached hydrogen (secondary N) is 2. The Balaban J connectivity index is 3.51. The average Bonchev–Trinajstić information content (AvgIpc) is 2.67. The van der Waals surface area contributed by atoms with Gasteiger partial charge in [-0.05, 0) is 25.6 Å². The molecule has 28 heavy (non-hydrogen) atoms. The van der Waals surface area contributed by atoms with E-state index in [0.717, 1.165) is 25.8 Å². The number of amides is 1. The second-order valence-corrected chi connectivity index (χ2v) is 8.90. The zero-order valence-electron chi connectivity index (χ0n) is 17.9. The van der Waals surface area contributed by atoms with Gasteiger partial charge in [0.25, 0.3) is 0 Å². The monoisotopic (exact) mass is 434 g/mol. The number of carbonyl (C=O) groups excluding carboxylic acids is 1. The van der Waals surface area contributed by atoms with Gasteiger partial charge in [-0.3, -0.25) is 4.79 Å². The van der Waals surface area contributed by atoms with Gasteiger partial charge in [-0.15, -0.1) is 5.92 Å². The standard InChI is InChI=1S/C20H38N2O4S2/c1-5-6-7-11-22-19(23)10-13-24-14-15-25-16-17-26-20(28-27-4)9-8-12-21-18(2)3/h18,20-21H,5,8-17H2,1-4H3,(H,22,23)/t20-/m0/s1. The molecule has 0 saturated heterocycles. The van der Waals surface area contributed by atoms with Gasteiger partial charge in [0.2, 0.25) is 5.91 Å². The predicted octanol–water partition coefficient (Wildman–Crippen LogP) is 3.07. The molecule has 0 unspecified atom stereocenters. The Morgan fingerprint density at radius 2 is 1.79 bits per heavy atom. The molecular formula is C20H38N2O4S2. The van der Waals surface area contributed by atoms with Crippen molar-refractivity contribution in [3.8, 4) is 11.8 Å². The van der Waals surface area contributed by atoms with Crippen LogP contribution in [0, 0.1) is 11.8 Å². The quantitative estimate of drug-likeness (QED) is 0.149. The van der Waals surface area contributed by atoms with E-state index in [1.165, 1.54) is 0 Å². The predicted molar refractivity (Wildman–Crippen MR) is 121 cm³/mol. The lowest BCUT2D eigenvalue weighted by Gasteiger charge is -2.17. The highest BCUT2D eigenvalue weighted by atomic mass is 33.1. The van der Waals surface area contributed by atoms with Crippen LogP contribution in [0.1, 0.15) is 46.5 Å². The number of carbonyl (C=O) groups is 1. The third-order valence-corrected chi connectivity index (χ3v) is 5.43. The lowest BCUT2D eigenvalue weighted by atomic mass is 10.3. The topological polar surface area (TPSA) is 68.8 Å². The molecule has 0 aliphatic heterocycles. The van der Waals surface area contributed by atoms with Gasteiger partial charge in [-0.1, -0.05) is 48.3 Å². The minimum Gasteiger partial charge on any atom is -0.379 e. The number of rotatable bonds is 18. The molecule has 1 atom stereocenters. The molecule has 0 rings (SSSR count). The van der Waals surface area contributed by atoms with Gasteiger partial charge in [-0.25, -0.2) is 0 Å². The Morgan fingerprint density at radius 1 is 1.07 bits per heavy atom. The Bertz CT molecular complexity index is 428. The molecule has 0 aromatic carbocycles. The van der Waals surface area contributed by atoms with Crippen LogP contribution >= 0.6 is 21.6 Å². The van der Waals surface area contributed by atoms with Crippen molar-refractivity contribution >= 4 is 27.5 Å². The third kappa shape index (κ3) is 20.3. The first kappa shape index (κ1) is 27.6. The molecule has 1 amide bonds. The van der Waals surface area contributed by atoms with E-state index >= 15 is 0 Å². The molecule has 0 radical (unpaired) electrons. The summed E-state index contributed by atoms with van der Waals surface area (Å²) in [6.45, 7) is 10.2. The van der Waals surface area contributed by atoms with Crippen molar-refractivity contribution < 1.29 is 19.0 Å². The first-order valence-electron chi connectivity index (χ1n) is 10.0. The first-order chi connectivity index (χ1) is 13.6. The number of hydrogen-bond acceptors (Lipinski definition) is 7. The van der Waals surface area contributed by atoms with Crippen LogP contribution in [0.4, 0.5) is 0 Å². The van der Waals surface area contributed by atoms with E-state index in [9.17, 15) is 4.79 Å². The van der Waals surface area contributed by atoms with Gasteiger partial charge in [0.1, 0.15) is 5.44 Å². The SMILES string of the molecule is CCC#CCNC(=O)CCOCCOCCO[C@H](CCCNC(C)C)SSC. The second-order valence-electron chi connectivity index (χ2n) is 6.27. The summed E-state index contributed by atoms with van der Waals surface area (Å²) in [4.78, 5) is 11.5. The van der Waals surface area contributed by atoms with Crippen LogP contribution in [0.5, 0.6) is 0 Å². The lowest BCUT2D eigenvalue weighted by Crippen LogP contribution is -2.25. The Kier molecular flexibility index (Phi) is 21.0. The van der Waals surface area contributed by atoms with Crippen molar-refractivity contribution in [1.29, 1.82) is 0 Å². The maximum absolute atomic E-state index is 11.5. The zero-order chi connectivity index (χ0) is 20.9. The minimum absolute atomic E-state index is 0.0411. The van der Waals surface area contributed by atoms with E-state index in [-0.39, 0.29) is 11.3 Å². The molecule has 0 bridgehead atoms. The van der Waals surface area contributed by atoms with Gasteiger partial charge in [0.15, 0.2) is 0 Å².